The molecule has 1 atom stereocenters. The molecule has 1 spiro atoms. The zero-order valence-electron chi connectivity index (χ0n) is 15.3. The van der Waals surface area contributed by atoms with Crippen molar-refractivity contribution in [3.63, 3.8) is 0 Å². The maximum atomic E-state index is 11.7. The highest BCUT2D eigenvalue weighted by atomic mass is 16.5. The third-order valence-corrected chi connectivity index (χ3v) is 5.39. The number of carbonyl (C=O) groups is 3. The normalized spacial score (nSPS) is 20.8. The number of rotatable bonds is 5. The molecular formula is C19H24N2O6. The summed E-state index contributed by atoms with van der Waals surface area (Å²) in [5, 5.41) is 18.8. The van der Waals surface area contributed by atoms with Gasteiger partial charge in [0.1, 0.15) is 0 Å². The number of likely N-dealkylation sites (tertiary alicyclic amines) is 1. The molecule has 0 saturated carbocycles. The predicted molar refractivity (Wildman–Crippen MR) is 97.3 cm³/mol. The number of carbonyl (C=O) groups excluding carboxylic acids is 1. The number of fused-ring (bicyclic) bond motifs is 2. The molecule has 0 bridgehead atoms. The molecule has 3 rings (SSSR count). The van der Waals surface area contributed by atoms with Crippen LogP contribution >= 0.6 is 0 Å². The number of nitrogens with zero attached hydrogens (tertiary/aromatic N) is 2. The molecule has 0 radical (unpaired) electrons. The van der Waals surface area contributed by atoms with E-state index in [-0.39, 0.29) is 12.5 Å². The van der Waals surface area contributed by atoms with Gasteiger partial charge in [0.15, 0.2) is 0 Å². The molecule has 2 amide bonds. The molecule has 1 aromatic rings. The SMILES string of the molecule is CCOC(=O)CCCc1ccc2c(c1)C1(CCN(C(=O)O)C1)CN2C(=O)O. The Morgan fingerprint density at radius 3 is 2.59 bits per heavy atom. The van der Waals surface area contributed by atoms with Gasteiger partial charge in [0, 0.05) is 31.5 Å². The number of amides is 2. The third kappa shape index (κ3) is 3.70. The number of benzene rings is 1. The van der Waals surface area contributed by atoms with Crippen LogP contribution in [0.4, 0.5) is 15.3 Å². The summed E-state index contributed by atoms with van der Waals surface area (Å²) in [5.41, 5.74) is 2.04. The molecule has 0 aromatic heterocycles. The van der Waals surface area contributed by atoms with E-state index >= 15 is 0 Å². The Balaban J connectivity index is 1.81. The van der Waals surface area contributed by atoms with Crippen molar-refractivity contribution in [2.75, 3.05) is 31.1 Å². The molecular weight excluding hydrogens is 352 g/mol. The van der Waals surface area contributed by atoms with Crippen LogP contribution in [0.15, 0.2) is 18.2 Å². The average molecular weight is 376 g/mol. The Hall–Kier alpha value is -2.77. The number of hydrogen-bond donors (Lipinski definition) is 2. The van der Waals surface area contributed by atoms with Gasteiger partial charge < -0.3 is 19.8 Å². The van der Waals surface area contributed by atoms with Gasteiger partial charge in [0.05, 0.1) is 12.3 Å². The molecule has 1 unspecified atom stereocenters. The van der Waals surface area contributed by atoms with E-state index in [0.717, 1.165) is 11.1 Å². The van der Waals surface area contributed by atoms with Gasteiger partial charge in [-0.05, 0) is 43.4 Å². The van der Waals surface area contributed by atoms with Crippen LogP contribution in [0.3, 0.4) is 0 Å². The summed E-state index contributed by atoms with van der Waals surface area (Å²) in [4.78, 5) is 37.1. The number of carboxylic acid groups (broad SMARTS) is 2. The van der Waals surface area contributed by atoms with Gasteiger partial charge in [-0.3, -0.25) is 9.69 Å². The highest BCUT2D eigenvalue weighted by Gasteiger charge is 2.50. The minimum Gasteiger partial charge on any atom is -0.466 e. The van der Waals surface area contributed by atoms with E-state index in [2.05, 4.69) is 0 Å². The predicted octanol–water partition coefficient (Wildman–Crippen LogP) is 2.69. The van der Waals surface area contributed by atoms with Gasteiger partial charge in [-0.15, -0.1) is 0 Å². The van der Waals surface area contributed by atoms with Gasteiger partial charge >= 0.3 is 18.2 Å². The summed E-state index contributed by atoms with van der Waals surface area (Å²) in [6.45, 7) is 3.10. The topological polar surface area (TPSA) is 107 Å². The van der Waals surface area contributed by atoms with Crippen molar-refractivity contribution in [3.8, 4) is 0 Å². The Kier molecular flexibility index (Phi) is 5.25. The van der Waals surface area contributed by atoms with E-state index in [9.17, 15) is 24.6 Å². The number of ether oxygens (including phenoxy) is 1. The lowest BCUT2D eigenvalue weighted by Gasteiger charge is -2.24. The summed E-state index contributed by atoms with van der Waals surface area (Å²) < 4.78 is 4.93. The molecule has 2 heterocycles. The highest BCUT2D eigenvalue weighted by molar-refractivity contribution is 5.90. The summed E-state index contributed by atoms with van der Waals surface area (Å²) in [5.74, 6) is -0.222. The zero-order valence-corrected chi connectivity index (χ0v) is 15.3. The number of aryl methyl sites for hydroxylation is 1. The second kappa shape index (κ2) is 7.46. The molecule has 2 N–H and O–H groups in total. The van der Waals surface area contributed by atoms with Crippen molar-refractivity contribution in [2.45, 2.75) is 38.0 Å². The molecule has 2 aliphatic heterocycles. The average Bonchev–Trinajstić information content (AvgIpc) is 3.18. The quantitative estimate of drug-likeness (QED) is 0.765. The maximum absolute atomic E-state index is 11.7. The van der Waals surface area contributed by atoms with Gasteiger partial charge in [0.2, 0.25) is 0 Å². The van der Waals surface area contributed by atoms with Gasteiger partial charge in [-0.2, -0.15) is 0 Å². The van der Waals surface area contributed by atoms with Crippen molar-refractivity contribution in [3.05, 3.63) is 29.3 Å². The van der Waals surface area contributed by atoms with Gasteiger partial charge in [0.25, 0.3) is 0 Å². The van der Waals surface area contributed by atoms with Crippen LogP contribution in [-0.4, -0.2) is 59.5 Å². The fourth-order valence-electron chi connectivity index (χ4n) is 4.10. The first kappa shape index (κ1) is 19.0. The maximum Gasteiger partial charge on any atom is 0.411 e. The molecule has 8 nitrogen and oxygen atoms in total. The summed E-state index contributed by atoms with van der Waals surface area (Å²) >= 11 is 0. The fourth-order valence-corrected chi connectivity index (χ4v) is 4.10. The molecule has 1 aromatic carbocycles. The Morgan fingerprint density at radius 1 is 1.19 bits per heavy atom. The Bertz CT molecular complexity index is 765. The summed E-state index contributed by atoms with van der Waals surface area (Å²) in [6.07, 6.45) is 0.253. The van der Waals surface area contributed by atoms with Gasteiger partial charge in [-0.25, -0.2) is 9.59 Å². The lowest BCUT2D eigenvalue weighted by molar-refractivity contribution is -0.143. The van der Waals surface area contributed by atoms with E-state index < -0.39 is 17.6 Å². The van der Waals surface area contributed by atoms with Crippen LogP contribution in [0.25, 0.3) is 0 Å². The molecule has 8 heteroatoms. The van der Waals surface area contributed by atoms with Crippen LogP contribution in [0.1, 0.15) is 37.3 Å². The van der Waals surface area contributed by atoms with Gasteiger partial charge in [-0.1, -0.05) is 12.1 Å². The van der Waals surface area contributed by atoms with E-state index in [1.165, 1.54) is 9.80 Å². The van der Waals surface area contributed by atoms with E-state index in [0.29, 0.717) is 51.1 Å². The van der Waals surface area contributed by atoms with E-state index in [4.69, 9.17) is 4.74 Å². The number of hydrogen-bond acceptors (Lipinski definition) is 4. The first-order valence-corrected chi connectivity index (χ1v) is 9.13. The molecule has 27 heavy (non-hydrogen) atoms. The van der Waals surface area contributed by atoms with Crippen molar-refractivity contribution in [1.29, 1.82) is 0 Å². The number of esters is 1. The monoisotopic (exact) mass is 376 g/mol. The Morgan fingerprint density at radius 2 is 1.96 bits per heavy atom. The van der Waals surface area contributed by atoms with Crippen molar-refractivity contribution in [2.24, 2.45) is 0 Å². The minimum absolute atomic E-state index is 0.222. The largest absolute Gasteiger partial charge is 0.466 e. The van der Waals surface area contributed by atoms with E-state index in [1.54, 1.807) is 13.0 Å². The second-order valence-corrected chi connectivity index (χ2v) is 7.11. The van der Waals surface area contributed by atoms with E-state index in [1.807, 2.05) is 12.1 Å². The first-order valence-electron chi connectivity index (χ1n) is 9.13. The molecule has 1 saturated heterocycles. The fraction of sp³-hybridized carbons (Fsp3) is 0.526. The number of anilines is 1. The standard InChI is InChI=1S/C19H24N2O6/c1-2-27-16(22)5-3-4-13-6-7-15-14(10-13)19(12-21(15)18(25)26)8-9-20(11-19)17(23)24/h6-7,10H,2-5,8-9,11-12H2,1H3,(H,23,24)(H,25,26). The van der Waals surface area contributed by atoms with Crippen molar-refractivity contribution < 1.29 is 29.3 Å². The highest BCUT2D eigenvalue weighted by Crippen LogP contribution is 2.46. The minimum atomic E-state index is -1.03. The lowest BCUT2D eigenvalue weighted by atomic mass is 9.81. The van der Waals surface area contributed by atoms with Crippen LogP contribution in [0, 0.1) is 0 Å². The molecule has 0 aliphatic carbocycles. The smallest absolute Gasteiger partial charge is 0.411 e. The Labute approximate surface area is 157 Å². The molecule has 146 valence electrons. The lowest BCUT2D eigenvalue weighted by Crippen LogP contribution is -2.39. The van der Waals surface area contributed by atoms with Crippen LogP contribution in [0.5, 0.6) is 0 Å². The zero-order chi connectivity index (χ0) is 19.6. The summed E-state index contributed by atoms with van der Waals surface area (Å²) in [7, 11) is 0. The van der Waals surface area contributed by atoms with Crippen LogP contribution < -0.4 is 4.90 Å². The summed E-state index contributed by atoms with van der Waals surface area (Å²) in [6, 6.07) is 5.65. The van der Waals surface area contributed by atoms with Crippen molar-refractivity contribution >= 4 is 23.8 Å². The van der Waals surface area contributed by atoms with Crippen LogP contribution in [-0.2, 0) is 21.4 Å². The van der Waals surface area contributed by atoms with Crippen molar-refractivity contribution in [1.82, 2.24) is 4.90 Å². The molecule has 2 aliphatic rings. The first-order chi connectivity index (χ1) is 12.9. The van der Waals surface area contributed by atoms with Crippen LogP contribution in [0.2, 0.25) is 0 Å². The second-order valence-electron chi connectivity index (χ2n) is 7.11. The molecule has 1 fully saturated rings. The third-order valence-electron chi connectivity index (χ3n) is 5.39.